The summed E-state index contributed by atoms with van der Waals surface area (Å²) in [5, 5.41) is 11.0. The fourth-order valence-corrected chi connectivity index (χ4v) is 2.21. The summed E-state index contributed by atoms with van der Waals surface area (Å²) in [5.41, 5.74) is 0.814. The first-order valence-corrected chi connectivity index (χ1v) is 6.98. The van der Waals surface area contributed by atoms with Crippen LogP contribution in [-0.2, 0) is 9.53 Å². The van der Waals surface area contributed by atoms with Gasteiger partial charge in [-0.25, -0.2) is 14.2 Å². The van der Waals surface area contributed by atoms with Crippen molar-refractivity contribution in [3.63, 3.8) is 0 Å². The highest BCUT2D eigenvalue weighted by Gasteiger charge is 2.26. The van der Waals surface area contributed by atoms with Crippen LogP contribution < -0.4 is 0 Å². The van der Waals surface area contributed by atoms with Crippen LogP contribution in [0.4, 0.5) is 10.1 Å². The lowest BCUT2D eigenvalue weighted by atomic mass is 10.1. The van der Waals surface area contributed by atoms with Crippen LogP contribution in [0.5, 0.6) is 0 Å². The van der Waals surface area contributed by atoms with Gasteiger partial charge in [-0.3, -0.25) is 10.1 Å². The van der Waals surface area contributed by atoms with Gasteiger partial charge in [0.05, 0.1) is 4.92 Å². The number of hydrogen-bond donors (Lipinski definition) is 0. The minimum atomic E-state index is -0.739. The van der Waals surface area contributed by atoms with Crippen LogP contribution in [0.15, 0.2) is 53.2 Å². The first-order valence-electron chi connectivity index (χ1n) is 6.98. The van der Waals surface area contributed by atoms with E-state index in [0.29, 0.717) is 11.1 Å². The van der Waals surface area contributed by atoms with Crippen molar-refractivity contribution in [2.45, 2.75) is 6.92 Å². The normalized spacial score (nSPS) is 15.3. The summed E-state index contributed by atoms with van der Waals surface area (Å²) in [6.45, 7) is 1.61. The number of nitro benzene ring substituents is 1. The Bertz CT molecular complexity index is 919. The maximum atomic E-state index is 13.7. The summed E-state index contributed by atoms with van der Waals surface area (Å²) in [4.78, 5) is 26.4. The molecule has 0 radical (unpaired) electrons. The molecule has 0 saturated carbocycles. The van der Waals surface area contributed by atoms with Crippen LogP contribution in [0.25, 0.3) is 6.08 Å². The Morgan fingerprint density at radius 3 is 2.71 bits per heavy atom. The highest BCUT2D eigenvalue weighted by molar-refractivity contribution is 6.13. The Morgan fingerprint density at radius 1 is 1.25 bits per heavy atom. The second-order valence-electron chi connectivity index (χ2n) is 5.12. The third kappa shape index (κ3) is 2.91. The smallest absolute Gasteiger partial charge is 0.363 e. The van der Waals surface area contributed by atoms with Crippen LogP contribution in [0.3, 0.4) is 0 Å². The van der Waals surface area contributed by atoms with Gasteiger partial charge >= 0.3 is 5.97 Å². The molecule has 0 amide bonds. The van der Waals surface area contributed by atoms with E-state index in [1.807, 2.05) is 0 Å². The molecule has 3 rings (SSSR count). The fraction of sp³-hybridized carbons (Fsp3) is 0.0588. The number of rotatable bonds is 3. The van der Waals surface area contributed by atoms with Gasteiger partial charge in [0.15, 0.2) is 5.70 Å². The molecule has 0 aromatic heterocycles. The zero-order valence-corrected chi connectivity index (χ0v) is 12.5. The summed E-state index contributed by atoms with van der Waals surface area (Å²) in [6.07, 6.45) is 1.27. The number of nitrogens with zero attached hydrogens (tertiary/aromatic N) is 2. The number of ether oxygens (including phenoxy) is 1. The molecule has 0 spiro atoms. The van der Waals surface area contributed by atoms with Gasteiger partial charge in [-0.1, -0.05) is 24.3 Å². The average molecular weight is 326 g/mol. The molecule has 6 nitrogen and oxygen atoms in total. The molecular weight excluding hydrogens is 315 g/mol. The van der Waals surface area contributed by atoms with Crippen molar-refractivity contribution in [3.8, 4) is 0 Å². The first kappa shape index (κ1) is 15.5. The summed E-state index contributed by atoms with van der Waals surface area (Å²) in [6, 6.07) is 10.3. The molecule has 1 aliphatic rings. The fourth-order valence-electron chi connectivity index (χ4n) is 2.21. The van der Waals surface area contributed by atoms with Crippen LogP contribution in [0, 0.1) is 22.9 Å². The highest BCUT2D eigenvalue weighted by atomic mass is 19.1. The van der Waals surface area contributed by atoms with Crippen molar-refractivity contribution in [2.75, 3.05) is 0 Å². The predicted octanol–water partition coefficient (Wildman–Crippen LogP) is 3.39. The van der Waals surface area contributed by atoms with E-state index in [4.69, 9.17) is 4.74 Å². The van der Waals surface area contributed by atoms with E-state index in [1.54, 1.807) is 25.1 Å². The summed E-state index contributed by atoms with van der Waals surface area (Å²) >= 11 is 0. The Labute approximate surface area is 136 Å². The number of carbonyl (C=O) groups excluding carboxylic acids is 1. The van der Waals surface area contributed by atoms with Crippen LogP contribution in [-0.4, -0.2) is 16.8 Å². The van der Waals surface area contributed by atoms with Crippen molar-refractivity contribution < 1.29 is 18.8 Å². The maximum Gasteiger partial charge on any atom is 0.363 e. The van der Waals surface area contributed by atoms with Crippen LogP contribution in [0.1, 0.15) is 16.7 Å². The minimum absolute atomic E-state index is 0.0503. The zero-order valence-electron chi connectivity index (χ0n) is 12.5. The van der Waals surface area contributed by atoms with E-state index in [9.17, 15) is 19.3 Å². The number of aliphatic imine (C=N–C) groups is 1. The summed E-state index contributed by atoms with van der Waals surface area (Å²) in [5.74, 6) is -1.28. The van der Waals surface area contributed by atoms with Crippen molar-refractivity contribution >= 4 is 23.6 Å². The lowest BCUT2D eigenvalue weighted by molar-refractivity contribution is -0.385. The number of cyclic esters (lactones) is 1. The molecule has 0 saturated heterocycles. The summed E-state index contributed by atoms with van der Waals surface area (Å²) < 4.78 is 18.7. The van der Waals surface area contributed by atoms with Gasteiger partial charge in [0.2, 0.25) is 5.90 Å². The third-order valence-corrected chi connectivity index (χ3v) is 3.47. The van der Waals surface area contributed by atoms with Crippen LogP contribution >= 0.6 is 0 Å². The van der Waals surface area contributed by atoms with E-state index >= 15 is 0 Å². The van der Waals surface area contributed by atoms with Gasteiger partial charge in [0, 0.05) is 22.8 Å². The summed E-state index contributed by atoms with van der Waals surface area (Å²) in [7, 11) is 0. The molecule has 1 aliphatic heterocycles. The number of carbonyl (C=O) groups is 1. The number of halogens is 1. The number of hydrogen-bond acceptors (Lipinski definition) is 5. The SMILES string of the molecule is Cc1ccc(C2=NC(=Cc3ccccc3F)C(=O)O2)cc1[N+](=O)[O-]. The monoisotopic (exact) mass is 326 g/mol. The van der Waals surface area contributed by atoms with Gasteiger partial charge < -0.3 is 4.74 Å². The van der Waals surface area contributed by atoms with E-state index < -0.39 is 16.7 Å². The maximum absolute atomic E-state index is 13.7. The Morgan fingerprint density at radius 2 is 2.00 bits per heavy atom. The molecule has 0 fully saturated rings. The predicted molar refractivity (Wildman–Crippen MR) is 84.8 cm³/mol. The van der Waals surface area contributed by atoms with Crippen molar-refractivity contribution in [3.05, 3.63) is 80.8 Å². The third-order valence-electron chi connectivity index (χ3n) is 3.47. The number of nitro groups is 1. The number of aryl methyl sites for hydroxylation is 1. The lowest BCUT2D eigenvalue weighted by Gasteiger charge is -2.01. The van der Waals surface area contributed by atoms with E-state index in [2.05, 4.69) is 4.99 Å². The molecule has 120 valence electrons. The molecule has 0 bridgehead atoms. The lowest BCUT2D eigenvalue weighted by Crippen LogP contribution is -2.06. The second kappa shape index (κ2) is 6.04. The molecule has 2 aromatic rings. The van der Waals surface area contributed by atoms with Gasteiger partial charge in [-0.2, -0.15) is 0 Å². The highest BCUT2D eigenvalue weighted by Crippen LogP contribution is 2.24. The van der Waals surface area contributed by atoms with E-state index in [-0.39, 0.29) is 22.8 Å². The molecule has 2 aromatic carbocycles. The molecule has 1 heterocycles. The number of benzene rings is 2. The van der Waals surface area contributed by atoms with Crippen LogP contribution in [0.2, 0.25) is 0 Å². The topological polar surface area (TPSA) is 81.8 Å². The quantitative estimate of drug-likeness (QED) is 0.375. The minimum Gasteiger partial charge on any atom is -0.402 e. The van der Waals surface area contributed by atoms with Crippen molar-refractivity contribution in [2.24, 2.45) is 4.99 Å². The average Bonchev–Trinajstić information content (AvgIpc) is 2.91. The molecule has 0 N–H and O–H groups in total. The van der Waals surface area contributed by atoms with Crippen molar-refractivity contribution in [1.82, 2.24) is 0 Å². The molecule has 0 aliphatic carbocycles. The first-order chi connectivity index (χ1) is 11.5. The Kier molecular flexibility index (Phi) is 3.91. The van der Waals surface area contributed by atoms with Gasteiger partial charge in [0.25, 0.3) is 5.69 Å². The molecule has 0 unspecified atom stereocenters. The molecule has 0 atom stereocenters. The Hall–Kier alpha value is -3.35. The van der Waals surface area contributed by atoms with Gasteiger partial charge in [-0.05, 0) is 25.1 Å². The van der Waals surface area contributed by atoms with Crippen molar-refractivity contribution in [1.29, 1.82) is 0 Å². The molecule has 24 heavy (non-hydrogen) atoms. The van der Waals surface area contributed by atoms with Gasteiger partial charge in [-0.15, -0.1) is 0 Å². The van der Waals surface area contributed by atoms with Gasteiger partial charge in [0.1, 0.15) is 5.82 Å². The largest absolute Gasteiger partial charge is 0.402 e. The zero-order chi connectivity index (χ0) is 17.3. The van der Waals surface area contributed by atoms with E-state index in [0.717, 1.165) is 0 Å². The number of esters is 1. The molecule has 7 heteroatoms. The Balaban J connectivity index is 2.00. The second-order valence-corrected chi connectivity index (χ2v) is 5.12. The van der Waals surface area contributed by atoms with E-state index in [1.165, 1.54) is 30.3 Å². The standard InChI is InChI=1S/C17H11FN2O4/c1-10-6-7-12(9-15(10)20(22)23)16-19-14(17(21)24-16)8-11-4-2-3-5-13(11)18/h2-9H,1H3. The molecular formula is C17H11FN2O4.